The van der Waals surface area contributed by atoms with Crippen molar-refractivity contribution in [2.24, 2.45) is 0 Å². The Hall–Kier alpha value is -0.160. The minimum absolute atomic E-state index is 0.0954. The molecule has 0 radical (unpaired) electrons. The molecule has 4 fully saturated rings. The molecule has 0 atom stereocenters. The monoisotopic (exact) mass is 268 g/mol. The van der Waals surface area contributed by atoms with Gasteiger partial charge in [0, 0.05) is 12.8 Å². The van der Waals surface area contributed by atoms with Crippen LogP contribution in [0.15, 0.2) is 0 Å². The summed E-state index contributed by atoms with van der Waals surface area (Å²) in [7, 11) is 0. The summed E-state index contributed by atoms with van der Waals surface area (Å²) in [5, 5.41) is 0. The van der Waals surface area contributed by atoms with Crippen molar-refractivity contribution >= 4 is 0 Å². The van der Waals surface area contributed by atoms with Crippen molar-refractivity contribution in [3.8, 4) is 0 Å². The van der Waals surface area contributed by atoms with Gasteiger partial charge in [-0.15, -0.1) is 0 Å². The fourth-order valence-electron chi connectivity index (χ4n) is 4.48. The molecule has 2 saturated heterocycles. The van der Waals surface area contributed by atoms with E-state index in [9.17, 15) is 0 Å². The van der Waals surface area contributed by atoms with Gasteiger partial charge in [-0.25, -0.2) is 9.78 Å². The van der Waals surface area contributed by atoms with E-state index in [1.54, 1.807) is 0 Å². The predicted octanol–water partition coefficient (Wildman–Crippen LogP) is 3.79. The standard InChI is InChI=1S/C15H24O4/c1-3-7-13(8-4-1)11-15(18-16-13)12-14(17-19-15)9-5-2-6-10-14/h1-12H2. The lowest BCUT2D eigenvalue weighted by Gasteiger charge is -2.30. The fraction of sp³-hybridized carbons (Fsp3) is 1.00. The Bertz CT molecular complexity index is 308. The Labute approximate surface area is 114 Å². The summed E-state index contributed by atoms with van der Waals surface area (Å²) in [6.45, 7) is 0. The molecule has 108 valence electrons. The van der Waals surface area contributed by atoms with Crippen molar-refractivity contribution in [2.75, 3.05) is 0 Å². The number of hydrogen-bond donors (Lipinski definition) is 0. The molecule has 0 amide bonds. The highest BCUT2D eigenvalue weighted by atomic mass is 17.3. The topological polar surface area (TPSA) is 36.9 Å². The zero-order valence-electron chi connectivity index (χ0n) is 11.6. The third-order valence-electron chi connectivity index (χ3n) is 5.45. The second-order valence-electron chi connectivity index (χ2n) is 7.08. The maximum absolute atomic E-state index is 5.75. The molecular formula is C15H24O4. The molecule has 0 unspecified atom stereocenters. The quantitative estimate of drug-likeness (QED) is 0.626. The fourth-order valence-corrected chi connectivity index (χ4v) is 4.48. The second kappa shape index (κ2) is 4.42. The first kappa shape index (κ1) is 12.6. The summed E-state index contributed by atoms with van der Waals surface area (Å²) in [4.78, 5) is 22.8. The average molecular weight is 268 g/mol. The van der Waals surface area contributed by atoms with Crippen LogP contribution in [0.3, 0.4) is 0 Å². The van der Waals surface area contributed by atoms with E-state index in [1.165, 1.54) is 38.5 Å². The van der Waals surface area contributed by atoms with Gasteiger partial charge in [0.15, 0.2) is 0 Å². The maximum Gasteiger partial charge on any atom is 0.239 e. The molecule has 2 aliphatic carbocycles. The van der Waals surface area contributed by atoms with Crippen molar-refractivity contribution in [3.05, 3.63) is 0 Å². The van der Waals surface area contributed by atoms with Crippen molar-refractivity contribution < 1.29 is 19.6 Å². The van der Waals surface area contributed by atoms with E-state index in [0.717, 1.165) is 38.5 Å². The largest absolute Gasteiger partial charge is 0.239 e. The Morgan fingerprint density at radius 2 is 0.895 bits per heavy atom. The summed E-state index contributed by atoms with van der Waals surface area (Å²) >= 11 is 0. The summed E-state index contributed by atoms with van der Waals surface area (Å²) in [5.41, 5.74) is -0.191. The molecule has 2 heterocycles. The van der Waals surface area contributed by atoms with Gasteiger partial charge in [0.2, 0.25) is 5.79 Å². The molecule has 4 nitrogen and oxygen atoms in total. The van der Waals surface area contributed by atoms with Crippen LogP contribution in [0.4, 0.5) is 0 Å². The molecule has 4 heteroatoms. The van der Waals surface area contributed by atoms with E-state index in [2.05, 4.69) is 0 Å². The molecule has 0 N–H and O–H groups in total. The van der Waals surface area contributed by atoms with Crippen LogP contribution in [0.25, 0.3) is 0 Å². The maximum atomic E-state index is 5.75. The molecule has 0 aromatic heterocycles. The zero-order valence-corrected chi connectivity index (χ0v) is 11.6. The lowest BCUT2D eigenvalue weighted by Crippen LogP contribution is -2.36. The zero-order chi connectivity index (χ0) is 12.8. The van der Waals surface area contributed by atoms with E-state index >= 15 is 0 Å². The minimum atomic E-state index is -0.616. The second-order valence-corrected chi connectivity index (χ2v) is 7.08. The van der Waals surface area contributed by atoms with Gasteiger partial charge in [-0.1, -0.05) is 38.5 Å². The van der Waals surface area contributed by atoms with Gasteiger partial charge >= 0.3 is 0 Å². The lowest BCUT2D eigenvalue weighted by molar-refractivity contribution is -0.462. The number of rotatable bonds is 0. The van der Waals surface area contributed by atoms with Crippen LogP contribution in [0, 0.1) is 0 Å². The molecule has 0 bridgehead atoms. The highest BCUT2D eigenvalue weighted by Crippen LogP contribution is 2.54. The van der Waals surface area contributed by atoms with Crippen LogP contribution in [0.2, 0.25) is 0 Å². The molecule has 2 aliphatic heterocycles. The van der Waals surface area contributed by atoms with E-state index in [1.807, 2.05) is 0 Å². The number of hydrogen-bond acceptors (Lipinski definition) is 4. The van der Waals surface area contributed by atoms with E-state index < -0.39 is 5.79 Å². The van der Waals surface area contributed by atoms with Gasteiger partial charge < -0.3 is 0 Å². The predicted molar refractivity (Wildman–Crippen MR) is 67.9 cm³/mol. The van der Waals surface area contributed by atoms with Gasteiger partial charge in [0.25, 0.3) is 0 Å². The molecule has 4 rings (SSSR count). The van der Waals surface area contributed by atoms with Gasteiger partial charge in [0.1, 0.15) is 11.2 Å². The Balaban J connectivity index is 1.48. The smallest absolute Gasteiger partial charge is 0.227 e. The molecular weight excluding hydrogens is 244 g/mol. The third-order valence-corrected chi connectivity index (χ3v) is 5.45. The van der Waals surface area contributed by atoms with Crippen molar-refractivity contribution in [1.82, 2.24) is 0 Å². The first-order valence-corrected chi connectivity index (χ1v) is 7.98. The SMILES string of the molecule is C1CCC2(CC1)CC1(CC3(CCCCC3)OO1)OO2. The summed E-state index contributed by atoms with van der Waals surface area (Å²) in [5.74, 6) is -0.616. The molecule has 19 heavy (non-hydrogen) atoms. The van der Waals surface area contributed by atoms with Gasteiger partial charge in [-0.3, -0.25) is 0 Å². The van der Waals surface area contributed by atoms with Crippen molar-refractivity contribution in [1.29, 1.82) is 0 Å². The Morgan fingerprint density at radius 1 is 0.474 bits per heavy atom. The first-order chi connectivity index (χ1) is 9.24. The third kappa shape index (κ3) is 2.13. The van der Waals surface area contributed by atoms with Crippen LogP contribution in [0.5, 0.6) is 0 Å². The summed E-state index contributed by atoms with van der Waals surface area (Å²) in [6, 6.07) is 0. The van der Waals surface area contributed by atoms with E-state index in [-0.39, 0.29) is 11.2 Å². The van der Waals surface area contributed by atoms with E-state index in [4.69, 9.17) is 19.6 Å². The molecule has 0 aromatic rings. The minimum Gasteiger partial charge on any atom is -0.227 e. The summed E-state index contributed by atoms with van der Waals surface area (Å²) in [6.07, 6.45) is 13.7. The van der Waals surface area contributed by atoms with Crippen molar-refractivity contribution in [3.63, 3.8) is 0 Å². The molecule has 4 aliphatic rings. The molecule has 0 aromatic carbocycles. The van der Waals surface area contributed by atoms with Crippen LogP contribution in [-0.4, -0.2) is 17.0 Å². The summed E-state index contributed by atoms with van der Waals surface area (Å²) < 4.78 is 0. The van der Waals surface area contributed by atoms with Crippen LogP contribution < -0.4 is 0 Å². The molecule has 2 saturated carbocycles. The van der Waals surface area contributed by atoms with Crippen LogP contribution >= 0.6 is 0 Å². The van der Waals surface area contributed by atoms with Crippen LogP contribution in [0.1, 0.15) is 77.0 Å². The Kier molecular flexibility index (Phi) is 2.92. The highest BCUT2D eigenvalue weighted by molar-refractivity contribution is 4.99. The van der Waals surface area contributed by atoms with Gasteiger partial charge in [-0.05, 0) is 25.7 Å². The highest BCUT2D eigenvalue weighted by Gasteiger charge is 2.61. The average Bonchev–Trinajstić information content (AvgIpc) is 2.94. The molecule has 3 spiro atoms. The van der Waals surface area contributed by atoms with Crippen LogP contribution in [-0.2, 0) is 19.6 Å². The van der Waals surface area contributed by atoms with E-state index in [0.29, 0.717) is 0 Å². The first-order valence-electron chi connectivity index (χ1n) is 7.98. The lowest BCUT2D eigenvalue weighted by atomic mass is 9.76. The van der Waals surface area contributed by atoms with Gasteiger partial charge in [-0.2, -0.15) is 9.78 Å². The normalized spacial score (nSPS) is 35.4. The van der Waals surface area contributed by atoms with Gasteiger partial charge in [0.05, 0.1) is 0 Å². The van der Waals surface area contributed by atoms with Crippen molar-refractivity contribution in [2.45, 2.75) is 94.0 Å². The Morgan fingerprint density at radius 3 is 1.32 bits per heavy atom.